The second kappa shape index (κ2) is 9.89. The maximum Gasteiger partial charge on any atom is 0.407 e. The molecule has 0 saturated carbocycles. The van der Waals surface area contributed by atoms with Crippen molar-refractivity contribution < 1.29 is 9.53 Å². The van der Waals surface area contributed by atoms with Crippen molar-refractivity contribution in [3.8, 4) is 0 Å². The number of aromatic amines is 1. The van der Waals surface area contributed by atoms with Crippen LogP contribution in [0.3, 0.4) is 0 Å². The third-order valence-corrected chi connectivity index (χ3v) is 5.85. The lowest BCUT2D eigenvalue weighted by molar-refractivity contribution is 0.0509. The number of unbranched alkanes of at least 4 members (excludes halogenated alkanes) is 1. The molecule has 10 nitrogen and oxygen atoms in total. The number of nitrogens with zero attached hydrogens (tertiary/aromatic N) is 4. The van der Waals surface area contributed by atoms with Crippen LogP contribution in [0, 0.1) is 5.92 Å². The Morgan fingerprint density at radius 3 is 2.56 bits per heavy atom. The number of fused-ring (bicyclic) bond motifs is 1. The van der Waals surface area contributed by atoms with E-state index < -0.39 is 16.9 Å². The van der Waals surface area contributed by atoms with E-state index in [0.717, 1.165) is 44.6 Å². The highest BCUT2D eigenvalue weighted by Gasteiger charge is 2.24. The highest BCUT2D eigenvalue weighted by atomic mass is 16.6. The van der Waals surface area contributed by atoms with Gasteiger partial charge in [-0.1, -0.05) is 13.3 Å². The molecule has 1 aliphatic heterocycles. The number of H-pyrrole nitrogens is 1. The van der Waals surface area contributed by atoms with E-state index in [1.807, 2.05) is 27.8 Å². The molecule has 1 saturated heterocycles. The van der Waals surface area contributed by atoms with Crippen LogP contribution < -0.4 is 16.6 Å². The summed E-state index contributed by atoms with van der Waals surface area (Å²) < 4.78 is 8.66. The molecule has 2 aromatic rings. The van der Waals surface area contributed by atoms with Gasteiger partial charge in [-0.25, -0.2) is 14.6 Å². The van der Waals surface area contributed by atoms with Crippen molar-refractivity contribution in [1.82, 2.24) is 29.3 Å². The summed E-state index contributed by atoms with van der Waals surface area (Å²) in [5.74, 6) is 1.17. The number of carbonyl (C=O) groups excluding carboxylic acids is 1. The molecule has 0 bridgehead atoms. The van der Waals surface area contributed by atoms with Crippen LogP contribution in [0.2, 0.25) is 0 Å². The summed E-state index contributed by atoms with van der Waals surface area (Å²) in [5.41, 5.74) is -0.402. The quantitative estimate of drug-likeness (QED) is 0.669. The molecule has 2 aromatic heterocycles. The average molecular weight is 449 g/mol. The highest BCUT2D eigenvalue weighted by molar-refractivity contribution is 5.70. The molecule has 0 radical (unpaired) electrons. The number of likely N-dealkylation sites (tertiary alicyclic amines) is 1. The van der Waals surface area contributed by atoms with Crippen molar-refractivity contribution in [2.24, 2.45) is 13.0 Å². The first-order valence-corrected chi connectivity index (χ1v) is 11.5. The van der Waals surface area contributed by atoms with Crippen molar-refractivity contribution in [2.45, 2.75) is 72.1 Å². The van der Waals surface area contributed by atoms with E-state index in [1.165, 1.54) is 0 Å². The summed E-state index contributed by atoms with van der Waals surface area (Å²) >= 11 is 0. The number of carbonyl (C=O) groups is 1. The number of alkyl carbamates (subject to hydrolysis) is 1. The zero-order valence-electron chi connectivity index (χ0n) is 19.9. The van der Waals surface area contributed by atoms with Gasteiger partial charge in [-0.2, -0.15) is 0 Å². The molecule has 2 N–H and O–H groups in total. The Balaban J connectivity index is 1.63. The third kappa shape index (κ3) is 5.79. The molecule has 0 spiro atoms. The Kier molecular flexibility index (Phi) is 7.43. The first-order valence-electron chi connectivity index (χ1n) is 11.5. The largest absolute Gasteiger partial charge is 0.444 e. The van der Waals surface area contributed by atoms with E-state index in [1.54, 1.807) is 9.13 Å². The Hall–Kier alpha value is -2.62. The van der Waals surface area contributed by atoms with Crippen LogP contribution >= 0.6 is 0 Å². The number of imidazole rings is 1. The summed E-state index contributed by atoms with van der Waals surface area (Å²) in [7, 11) is 1.83. The van der Waals surface area contributed by atoms with Crippen LogP contribution in [0.5, 0.6) is 0 Å². The predicted molar refractivity (Wildman–Crippen MR) is 123 cm³/mol. The average Bonchev–Trinajstić information content (AvgIpc) is 3.02. The maximum atomic E-state index is 12.4. The first-order chi connectivity index (χ1) is 15.1. The van der Waals surface area contributed by atoms with Crippen LogP contribution in [0.25, 0.3) is 11.2 Å². The molecule has 1 amide bonds. The topological polar surface area (TPSA) is 114 Å². The summed E-state index contributed by atoms with van der Waals surface area (Å²) in [6.07, 6.45) is 3.34. The Labute approximate surface area is 188 Å². The zero-order valence-corrected chi connectivity index (χ0v) is 19.9. The van der Waals surface area contributed by atoms with Crippen molar-refractivity contribution >= 4 is 17.3 Å². The Morgan fingerprint density at radius 2 is 1.94 bits per heavy atom. The van der Waals surface area contributed by atoms with Crippen molar-refractivity contribution in [3.05, 3.63) is 26.7 Å². The van der Waals surface area contributed by atoms with Gasteiger partial charge in [0.1, 0.15) is 11.4 Å². The minimum Gasteiger partial charge on any atom is -0.444 e. The minimum atomic E-state index is -0.498. The first kappa shape index (κ1) is 24.0. The SMILES string of the molecule is CCCCn1c(=O)[nH]c(=O)c2c1nc(CN1CCC(CNC(=O)OC(C)(C)C)CC1)n2C. The van der Waals surface area contributed by atoms with Gasteiger partial charge in [-0.15, -0.1) is 0 Å². The minimum absolute atomic E-state index is 0.376. The fraction of sp³-hybridized carbons (Fsp3) is 0.727. The summed E-state index contributed by atoms with van der Waals surface area (Å²) in [6.45, 7) is 11.1. The van der Waals surface area contributed by atoms with E-state index in [2.05, 4.69) is 27.1 Å². The molecule has 0 atom stereocenters. The number of piperidine rings is 1. The summed E-state index contributed by atoms with van der Waals surface area (Å²) in [4.78, 5) is 46.0. The molecule has 0 unspecified atom stereocenters. The maximum absolute atomic E-state index is 12.4. The number of aromatic nitrogens is 4. The lowest BCUT2D eigenvalue weighted by Crippen LogP contribution is -2.40. The fourth-order valence-corrected chi connectivity index (χ4v) is 4.05. The van der Waals surface area contributed by atoms with Gasteiger partial charge >= 0.3 is 11.8 Å². The lowest BCUT2D eigenvalue weighted by Gasteiger charge is -2.31. The smallest absolute Gasteiger partial charge is 0.407 e. The Bertz CT molecular complexity index is 1050. The normalized spacial score (nSPS) is 15.9. The molecule has 1 fully saturated rings. The van der Waals surface area contributed by atoms with Gasteiger partial charge in [0.2, 0.25) is 0 Å². The van der Waals surface area contributed by atoms with E-state index in [0.29, 0.717) is 36.7 Å². The molecule has 3 rings (SSSR count). The summed E-state index contributed by atoms with van der Waals surface area (Å²) in [6, 6.07) is 0. The number of hydrogen-bond acceptors (Lipinski definition) is 6. The molecule has 1 aliphatic rings. The van der Waals surface area contributed by atoms with E-state index in [-0.39, 0.29) is 6.09 Å². The molecule has 3 heterocycles. The Morgan fingerprint density at radius 1 is 1.25 bits per heavy atom. The number of ether oxygens (including phenoxy) is 1. The van der Waals surface area contributed by atoms with Gasteiger partial charge in [0.05, 0.1) is 6.54 Å². The molecule has 0 aromatic carbocycles. The fourth-order valence-electron chi connectivity index (χ4n) is 4.05. The van der Waals surface area contributed by atoms with Gasteiger partial charge in [0.15, 0.2) is 11.2 Å². The monoisotopic (exact) mass is 448 g/mol. The number of hydrogen-bond donors (Lipinski definition) is 2. The van der Waals surface area contributed by atoms with E-state index >= 15 is 0 Å². The van der Waals surface area contributed by atoms with Crippen molar-refractivity contribution in [3.63, 3.8) is 0 Å². The van der Waals surface area contributed by atoms with Gasteiger partial charge in [-0.3, -0.25) is 19.2 Å². The van der Waals surface area contributed by atoms with Gasteiger partial charge in [-0.05, 0) is 59.0 Å². The molecule has 178 valence electrons. The number of nitrogens with one attached hydrogen (secondary N) is 2. The molecule has 0 aliphatic carbocycles. The van der Waals surface area contributed by atoms with Crippen LogP contribution in [-0.4, -0.2) is 55.3 Å². The predicted octanol–water partition coefficient (Wildman–Crippen LogP) is 1.96. The van der Waals surface area contributed by atoms with E-state index in [9.17, 15) is 14.4 Å². The number of amides is 1. The summed E-state index contributed by atoms with van der Waals surface area (Å²) in [5, 5.41) is 2.87. The standard InChI is InChI=1S/C22H36N6O4/c1-6-7-10-28-18-17(19(29)25-20(28)30)26(5)16(24-18)14-27-11-8-15(9-12-27)13-23-21(31)32-22(2,3)4/h15H,6-14H2,1-5H3,(H,23,31)(H,25,29,30). The molecule has 32 heavy (non-hydrogen) atoms. The number of rotatable bonds is 7. The van der Waals surface area contributed by atoms with Gasteiger partial charge in [0.25, 0.3) is 5.56 Å². The third-order valence-electron chi connectivity index (χ3n) is 5.85. The number of aryl methyl sites for hydroxylation is 2. The van der Waals surface area contributed by atoms with Crippen LogP contribution in [0.4, 0.5) is 4.79 Å². The second-order valence-corrected chi connectivity index (χ2v) is 9.63. The van der Waals surface area contributed by atoms with Crippen LogP contribution in [-0.2, 0) is 24.9 Å². The van der Waals surface area contributed by atoms with Crippen molar-refractivity contribution in [1.29, 1.82) is 0 Å². The van der Waals surface area contributed by atoms with E-state index in [4.69, 9.17) is 4.74 Å². The van der Waals surface area contributed by atoms with Crippen molar-refractivity contribution in [2.75, 3.05) is 19.6 Å². The molecular formula is C22H36N6O4. The molecular weight excluding hydrogens is 412 g/mol. The van der Waals surface area contributed by atoms with Crippen LogP contribution in [0.15, 0.2) is 9.59 Å². The second-order valence-electron chi connectivity index (χ2n) is 9.63. The molecule has 10 heteroatoms. The lowest BCUT2D eigenvalue weighted by atomic mass is 9.97. The van der Waals surface area contributed by atoms with Crippen LogP contribution in [0.1, 0.15) is 59.2 Å². The highest BCUT2D eigenvalue weighted by Crippen LogP contribution is 2.20. The van der Waals surface area contributed by atoms with Gasteiger partial charge < -0.3 is 14.6 Å². The van der Waals surface area contributed by atoms with Gasteiger partial charge in [0, 0.05) is 20.1 Å². The zero-order chi connectivity index (χ0) is 23.5.